The topological polar surface area (TPSA) is 52.6 Å². The van der Waals surface area contributed by atoms with Crippen molar-refractivity contribution in [3.63, 3.8) is 0 Å². The maximum absolute atomic E-state index is 10.8. The molecule has 0 aromatic carbocycles. The van der Waals surface area contributed by atoms with Crippen molar-refractivity contribution in [1.29, 1.82) is 0 Å². The minimum atomic E-state index is -0.590. The lowest BCUT2D eigenvalue weighted by atomic mass is 10.5. The minimum Gasteiger partial charge on any atom is -0.454 e. The fraction of sp³-hybridized carbons (Fsp3) is 0.200. The summed E-state index contributed by atoms with van der Waals surface area (Å²) in [5, 5.41) is 0. The predicted molar refractivity (Wildman–Crippen MR) is 51.2 cm³/mol. The van der Waals surface area contributed by atoms with Gasteiger partial charge in [0.1, 0.15) is 12.4 Å². The number of hydrogen-bond donors (Lipinski definition) is 0. The summed E-state index contributed by atoms with van der Waals surface area (Å²) in [6.07, 6.45) is 3.58. The number of rotatable bonds is 5. The Morgan fingerprint density at radius 1 is 1.21 bits per heavy atom. The Bertz CT molecular complexity index is 276. The van der Waals surface area contributed by atoms with E-state index in [1.807, 2.05) is 0 Å². The second-order valence-electron chi connectivity index (χ2n) is 2.19. The summed E-state index contributed by atoms with van der Waals surface area (Å²) in [7, 11) is 0. The largest absolute Gasteiger partial charge is 0.454 e. The SMILES string of the molecule is C=CC(=O)OC/C(=C\C)OC(=O)C=C. The van der Waals surface area contributed by atoms with Crippen molar-refractivity contribution >= 4 is 11.9 Å². The van der Waals surface area contributed by atoms with Crippen LogP contribution in [0.15, 0.2) is 37.1 Å². The van der Waals surface area contributed by atoms with Crippen molar-refractivity contribution < 1.29 is 19.1 Å². The maximum atomic E-state index is 10.8. The molecule has 0 radical (unpaired) electrons. The van der Waals surface area contributed by atoms with E-state index in [-0.39, 0.29) is 12.4 Å². The van der Waals surface area contributed by atoms with E-state index < -0.39 is 11.9 Å². The highest BCUT2D eigenvalue weighted by atomic mass is 16.6. The van der Waals surface area contributed by atoms with Gasteiger partial charge in [-0.25, -0.2) is 9.59 Å². The third-order valence-electron chi connectivity index (χ3n) is 1.24. The first-order valence-electron chi connectivity index (χ1n) is 3.92. The van der Waals surface area contributed by atoms with Crippen LogP contribution >= 0.6 is 0 Å². The molecule has 0 atom stereocenters. The van der Waals surface area contributed by atoms with Crippen molar-refractivity contribution in [2.45, 2.75) is 6.92 Å². The lowest BCUT2D eigenvalue weighted by Crippen LogP contribution is -2.09. The molecular formula is C10H12O4. The van der Waals surface area contributed by atoms with Crippen molar-refractivity contribution in [3.8, 4) is 0 Å². The molecule has 0 spiro atoms. The number of ether oxygens (including phenoxy) is 2. The van der Waals surface area contributed by atoms with Crippen LogP contribution in [-0.4, -0.2) is 18.5 Å². The van der Waals surface area contributed by atoms with Gasteiger partial charge in [0.2, 0.25) is 0 Å². The molecule has 4 heteroatoms. The molecule has 4 nitrogen and oxygen atoms in total. The van der Waals surface area contributed by atoms with E-state index in [9.17, 15) is 9.59 Å². The zero-order chi connectivity index (χ0) is 11.0. The second kappa shape index (κ2) is 6.65. The first kappa shape index (κ1) is 12.2. The van der Waals surface area contributed by atoms with E-state index in [2.05, 4.69) is 17.9 Å². The molecule has 0 rings (SSSR count). The quantitative estimate of drug-likeness (QED) is 0.378. The number of hydrogen-bond acceptors (Lipinski definition) is 4. The van der Waals surface area contributed by atoms with Crippen LogP contribution in [0.4, 0.5) is 0 Å². The van der Waals surface area contributed by atoms with Gasteiger partial charge in [-0.15, -0.1) is 0 Å². The molecule has 0 saturated carbocycles. The van der Waals surface area contributed by atoms with Crippen LogP contribution in [0.1, 0.15) is 6.92 Å². The van der Waals surface area contributed by atoms with E-state index in [1.54, 1.807) is 6.92 Å². The molecule has 76 valence electrons. The number of allylic oxidation sites excluding steroid dienone is 1. The van der Waals surface area contributed by atoms with Crippen molar-refractivity contribution in [2.24, 2.45) is 0 Å². The predicted octanol–water partition coefficient (Wildman–Crippen LogP) is 1.35. The number of carbonyl (C=O) groups excluding carboxylic acids is 2. The van der Waals surface area contributed by atoms with Crippen LogP contribution in [0.2, 0.25) is 0 Å². The lowest BCUT2D eigenvalue weighted by Gasteiger charge is -2.05. The minimum absolute atomic E-state index is 0.0963. The Hall–Kier alpha value is -1.84. The molecule has 0 aliphatic heterocycles. The Labute approximate surface area is 82.5 Å². The summed E-state index contributed by atoms with van der Waals surface area (Å²) in [6, 6.07) is 0. The smallest absolute Gasteiger partial charge is 0.335 e. The van der Waals surface area contributed by atoms with E-state index in [0.29, 0.717) is 0 Å². The Morgan fingerprint density at radius 2 is 1.79 bits per heavy atom. The van der Waals surface area contributed by atoms with Crippen molar-refractivity contribution in [3.05, 3.63) is 37.1 Å². The third-order valence-corrected chi connectivity index (χ3v) is 1.24. The van der Waals surface area contributed by atoms with Gasteiger partial charge in [-0.05, 0) is 13.0 Å². The number of carbonyl (C=O) groups is 2. The van der Waals surface area contributed by atoms with E-state index in [1.165, 1.54) is 6.08 Å². The summed E-state index contributed by atoms with van der Waals surface area (Å²) in [5.74, 6) is -0.906. The Kier molecular flexibility index (Phi) is 5.78. The zero-order valence-electron chi connectivity index (χ0n) is 7.99. The van der Waals surface area contributed by atoms with Gasteiger partial charge in [-0.3, -0.25) is 0 Å². The molecule has 0 unspecified atom stereocenters. The van der Waals surface area contributed by atoms with Gasteiger partial charge in [-0.2, -0.15) is 0 Å². The molecule has 0 saturated heterocycles. The number of esters is 2. The first-order chi connectivity index (χ1) is 6.63. The van der Waals surface area contributed by atoms with E-state index >= 15 is 0 Å². The molecule has 0 fully saturated rings. The zero-order valence-corrected chi connectivity index (χ0v) is 7.99. The molecular weight excluding hydrogens is 184 g/mol. The van der Waals surface area contributed by atoms with Gasteiger partial charge in [-0.1, -0.05) is 13.2 Å². The second-order valence-corrected chi connectivity index (χ2v) is 2.19. The maximum Gasteiger partial charge on any atom is 0.335 e. The van der Waals surface area contributed by atoms with Crippen molar-refractivity contribution in [2.75, 3.05) is 6.61 Å². The highest BCUT2D eigenvalue weighted by Crippen LogP contribution is 1.99. The summed E-state index contributed by atoms with van der Waals surface area (Å²) >= 11 is 0. The van der Waals surface area contributed by atoms with Gasteiger partial charge in [0.15, 0.2) is 0 Å². The molecule has 0 heterocycles. The summed E-state index contributed by atoms with van der Waals surface area (Å²) in [6.45, 7) is 8.02. The summed E-state index contributed by atoms with van der Waals surface area (Å²) in [4.78, 5) is 21.4. The Morgan fingerprint density at radius 3 is 2.21 bits per heavy atom. The van der Waals surface area contributed by atoms with Crippen LogP contribution in [-0.2, 0) is 19.1 Å². The highest BCUT2D eigenvalue weighted by Gasteiger charge is 2.04. The van der Waals surface area contributed by atoms with E-state index in [4.69, 9.17) is 4.74 Å². The third kappa shape index (κ3) is 4.92. The molecule has 0 amide bonds. The van der Waals surface area contributed by atoms with Crippen molar-refractivity contribution in [1.82, 2.24) is 0 Å². The van der Waals surface area contributed by atoms with Crippen LogP contribution in [0.3, 0.4) is 0 Å². The Balaban J connectivity index is 4.05. The average molecular weight is 196 g/mol. The van der Waals surface area contributed by atoms with Crippen LogP contribution in [0, 0.1) is 0 Å². The molecule has 0 bridgehead atoms. The van der Waals surface area contributed by atoms with Gasteiger partial charge in [0.25, 0.3) is 0 Å². The lowest BCUT2D eigenvalue weighted by molar-refractivity contribution is -0.141. The standard InChI is InChI=1S/C10H12O4/c1-4-8(14-10(12)6-3)7-13-9(11)5-2/h4-6H,2-3,7H2,1H3/b8-4+. The molecule has 14 heavy (non-hydrogen) atoms. The fourth-order valence-corrected chi connectivity index (χ4v) is 0.544. The van der Waals surface area contributed by atoms with Gasteiger partial charge in [0.05, 0.1) is 0 Å². The van der Waals surface area contributed by atoms with Crippen LogP contribution < -0.4 is 0 Å². The highest BCUT2D eigenvalue weighted by molar-refractivity contribution is 5.82. The monoisotopic (exact) mass is 196 g/mol. The first-order valence-corrected chi connectivity index (χ1v) is 3.92. The summed E-state index contributed by atoms with van der Waals surface area (Å²) < 4.78 is 9.39. The molecule has 0 aromatic heterocycles. The molecule has 0 N–H and O–H groups in total. The molecule has 0 aliphatic rings. The fourth-order valence-electron chi connectivity index (χ4n) is 0.544. The van der Waals surface area contributed by atoms with Gasteiger partial charge in [0, 0.05) is 12.2 Å². The van der Waals surface area contributed by atoms with Gasteiger partial charge >= 0.3 is 11.9 Å². The van der Waals surface area contributed by atoms with E-state index in [0.717, 1.165) is 12.2 Å². The van der Waals surface area contributed by atoms with Crippen LogP contribution in [0.5, 0.6) is 0 Å². The molecule has 0 aliphatic carbocycles. The molecule has 0 aromatic rings. The normalized spacial score (nSPS) is 10.2. The average Bonchev–Trinajstić information content (AvgIpc) is 2.22. The van der Waals surface area contributed by atoms with Gasteiger partial charge < -0.3 is 9.47 Å². The van der Waals surface area contributed by atoms with Crippen LogP contribution in [0.25, 0.3) is 0 Å². The summed E-state index contributed by atoms with van der Waals surface area (Å²) in [5.41, 5.74) is 0.